The monoisotopic (exact) mass is 378 g/mol. The maximum Gasteiger partial charge on any atom is 0.307 e. The van der Waals surface area contributed by atoms with Crippen LogP contribution in [0.25, 0.3) is 0 Å². The van der Waals surface area contributed by atoms with Crippen LogP contribution in [0.15, 0.2) is 30.3 Å². The molecule has 0 aromatic heterocycles. The normalized spacial score (nSPS) is 14.6. The van der Waals surface area contributed by atoms with Crippen molar-refractivity contribution in [3.8, 4) is 5.75 Å². The molecule has 1 fully saturated rings. The second-order valence-electron chi connectivity index (χ2n) is 6.43. The Morgan fingerprint density at radius 1 is 1.11 bits per heavy atom. The molecular formula is C20H30N2O5. The second kappa shape index (κ2) is 12.3. The third kappa shape index (κ3) is 8.41. The van der Waals surface area contributed by atoms with Crippen molar-refractivity contribution >= 4 is 11.9 Å². The standard InChI is InChI=1S/C20H30N2O5/c1-25-20(24)9-10-22(12-11-21-13-16-26-17-14-21)19(23)8-5-15-27-18-6-3-2-4-7-18/h2-4,6-7H,5,8-17H2,1H3. The van der Waals surface area contributed by atoms with Gasteiger partial charge in [-0.1, -0.05) is 18.2 Å². The molecule has 150 valence electrons. The smallest absolute Gasteiger partial charge is 0.307 e. The van der Waals surface area contributed by atoms with E-state index in [1.165, 1.54) is 7.11 Å². The van der Waals surface area contributed by atoms with Gasteiger partial charge in [-0.3, -0.25) is 14.5 Å². The lowest BCUT2D eigenvalue weighted by Gasteiger charge is -2.30. The van der Waals surface area contributed by atoms with Crippen LogP contribution in [0, 0.1) is 0 Å². The van der Waals surface area contributed by atoms with Gasteiger partial charge in [-0.2, -0.15) is 0 Å². The fraction of sp³-hybridized carbons (Fsp3) is 0.600. The molecule has 7 heteroatoms. The molecule has 0 unspecified atom stereocenters. The molecular weight excluding hydrogens is 348 g/mol. The molecule has 0 bridgehead atoms. The van der Waals surface area contributed by atoms with Gasteiger partial charge in [0.1, 0.15) is 5.75 Å². The van der Waals surface area contributed by atoms with Gasteiger partial charge < -0.3 is 19.1 Å². The largest absolute Gasteiger partial charge is 0.494 e. The first kappa shape index (κ1) is 21.2. The van der Waals surface area contributed by atoms with Crippen LogP contribution in [0.3, 0.4) is 0 Å². The summed E-state index contributed by atoms with van der Waals surface area (Å²) in [6.45, 7) is 5.49. The van der Waals surface area contributed by atoms with Gasteiger partial charge in [-0.05, 0) is 18.6 Å². The molecule has 1 heterocycles. The van der Waals surface area contributed by atoms with Crippen molar-refractivity contribution in [2.24, 2.45) is 0 Å². The highest BCUT2D eigenvalue weighted by Crippen LogP contribution is 2.09. The molecule has 0 spiro atoms. The Labute approximate surface area is 161 Å². The van der Waals surface area contributed by atoms with E-state index in [0.717, 1.165) is 38.6 Å². The molecule has 0 aliphatic carbocycles. The van der Waals surface area contributed by atoms with Crippen molar-refractivity contribution < 1.29 is 23.8 Å². The molecule has 1 aromatic carbocycles. The molecule has 2 rings (SSSR count). The number of rotatable bonds is 11. The Kier molecular flexibility index (Phi) is 9.65. The van der Waals surface area contributed by atoms with Crippen LogP contribution >= 0.6 is 0 Å². The van der Waals surface area contributed by atoms with E-state index >= 15 is 0 Å². The van der Waals surface area contributed by atoms with Gasteiger partial charge in [0.25, 0.3) is 0 Å². The summed E-state index contributed by atoms with van der Waals surface area (Å²) < 4.78 is 15.7. The Hall–Kier alpha value is -2.12. The zero-order chi connectivity index (χ0) is 19.3. The van der Waals surface area contributed by atoms with Crippen LogP contribution in [-0.4, -0.2) is 81.3 Å². The molecule has 0 N–H and O–H groups in total. The molecule has 7 nitrogen and oxygen atoms in total. The highest BCUT2D eigenvalue weighted by Gasteiger charge is 2.17. The summed E-state index contributed by atoms with van der Waals surface area (Å²) in [5.74, 6) is 0.551. The number of hydrogen-bond donors (Lipinski definition) is 0. The van der Waals surface area contributed by atoms with E-state index < -0.39 is 0 Å². The average molecular weight is 378 g/mol. The van der Waals surface area contributed by atoms with E-state index in [-0.39, 0.29) is 18.3 Å². The number of hydrogen-bond acceptors (Lipinski definition) is 6. The van der Waals surface area contributed by atoms with Crippen LogP contribution in [0.1, 0.15) is 19.3 Å². The van der Waals surface area contributed by atoms with Crippen molar-refractivity contribution in [3.05, 3.63) is 30.3 Å². The molecule has 27 heavy (non-hydrogen) atoms. The summed E-state index contributed by atoms with van der Waals surface area (Å²) in [4.78, 5) is 28.1. The second-order valence-corrected chi connectivity index (χ2v) is 6.43. The molecule has 1 saturated heterocycles. The van der Waals surface area contributed by atoms with E-state index in [0.29, 0.717) is 32.5 Å². The maximum absolute atomic E-state index is 12.6. The fourth-order valence-electron chi connectivity index (χ4n) is 2.86. The van der Waals surface area contributed by atoms with Gasteiger partial charge in [0.05, 0.1) is 33.4 Å². The number of methoxy groups -OCH3 is 1. The van der Waals surface area contributed by atoms with E-state index in [2.05, 4.69) is 4.90 Å². The van der Waals surface area contributed by atoms with Crippen molar-refractivity contribution in [2.45, 2.75) is 19.3 Å². The lowest BCUT2D eigenvalue weighted by atomic mass is 10.2. The van der Waals surface area contributed by atoms with Gasteiger partial charge in [0.15, 0.2) is 0 Å². The summed E-state index contributed by atoms with van der Waals surface area (Å²) in [6.07, 6.45) is 1.25. The first-order valence-corrected chi connectivity index (χ1v) is 9.51. The third-order valence-corrected chi connectivity index (χ3v) is 4.50. The van der Waals surface area contributed by atoms with E-state index in [4.69, 9.17) is 14.2 Å². The summed E-state index contributed by atoms with van der Waals surface area (Å²) in [7, 11) is 1.36. The Balaban J connectivity index is 1.74. The van der Waals surface area contributed by atoms with Gasteiger partial charge in [0, 0.05) is 39.1 Å². The quantitative estimate of drug-likeness (QED) is 0.430. The zero-order valence-corrected chi connectivity index (χ0v) is 16.1. The maximum atomic E-state index is 12.6. The Morgan fingerprint density at radius 3 is 2.56 bits per heavy atom. The zero-order valence-electron chi connectivity index (χ0n) is 16.1. The fourth-order valence-corrected chi connectivity index (χ4v) is 2.86. The molecule has 1 aliphatic rings. The van der Waals surface area contributed by atoms with Crippen LogP contribution in [0.2, 0.25) is 0 Å². The Bertz CT molecular complexity index is 561. The highest BCUT2D eigenvalue weighted by molar-refractivity contribution is 5.77. The van der Waals surface area contributed by atoms with Gasteiger partial charge >= 0.3 is 5.97 Å². The molecule has 1 amide bonds. The molecule has 0 atom stereocenters. The molecule has 0 radical (unpaired) electrons. The van der Waals surface area contributed by atoms with Crippen LogP contribution < -0.4 is 4.74 Å². The average Bonchev–Trinajstić information content (AvgIpc) is 2.72. The van der Waals surface area contributed by atoms with Crippen LogP contribution in [0.5, 0.6) is 5.75 Å². The highest BCUT2D eigenvalue weighted by atomic mass is 16.5. The number of esters is 1. The summed E-state index contributed by atoms with van der Waals surface area (Å²) in [5.41, 5.74) is 0. The molecule has 1 aliphatic heterocycles. The lowest BCUT2D eigenvalue weighted by molar-refractivity contribution is -0.141. The van der Waals surface area contributed by atoms with E-state index in [9.17, 15) is 9.59 Å². The van der Waals surface area contributed by atoms with Crippen molar-refractivity contribution in [1.29, 1.82) is 0 Å². The topological polar surface area (TPSA) is 68.3 Å². The van der Waals surface area contributed by atoms with Crippen LogP contribution in [0.4, 0.5) is 0 Å². The SMILES string of the molecule is COC(=O)CCN(CCN1CCOCC1)C(=O)CCCOc1ccccc1. The number of benzene rings is 1. The molecule has 0 saturated carbocycles. The Morgan fingerprint density at radius 2 is 1.85 bits per heavy atom. The number of ether oxygens (including phenoxy) is 3. The minimum absolute atomic E-state index is 0.0452. The van der Waals surface area contributed by atoms with Gasteiger partial charge in [-0.25, -0.2) is 0 Å². The lowest BCUT2D eigenvalue weighted by Crippen LogP contribution is -2.43. The predicted octanol–water partition coefficient (Wildman–Crippen LogP) is 1.57. The van der Waals surface area contributed by atoms with Crippen molar-refractivity contribution in [1.82, 2.24) is 9.80 Å². The minimum atomic E-state index is -0.299. The number of nitrogens with zero attached hydrogens (tertiary/aromatic N) is 2. The number of carbonyl (C=O) groups is 2. The number of morpholine rings is 1. The first-order valence-electron chi connectivity index (χ1n) is 9.51. The van der Waals surface area contributed by atoms with E-state index in [1.54, 1.807) is 4.90 Å². The summed E-state index contributed by atoms with van der Waals surface area (Å²) >= 11 is 0. The summed E-state index contributed by atoms with van der Waals surface area (Å²) in [6, 6.07) is 9.56. The van der Waals surface area contributed by atoms with Crippen molar-refractivity contribution in [2.75, 3.05) is 59.7 Å². The molecule has 1 aromatic rings. The van der Waals surface area contributed by atoms with Gasteiger partial charge in [-0.15, -0.1) is 0 Å². The minimum Gasteiger partial charge on any atom is -0.494 e. The first-order chi connectivity index (χ1) is 13.2. The van der Waals surface area contributed by atoms with Gasteiger partial charge in [0.2, 0.25) is 5.91 Å². The van der Waals surface area contributed by atoms with Crippen LogP contribution in [-0.2, 0) is 19.1 Å². The number of amides is 1. The van der Waals surface area contributed by atoms with E-state index in [1.807, 2.05) is 30.3 Å². The number of para-hydroxylation sites is 1. The summed E-state index contributed by atoms with van der Waals surface area (Å²) in [5, 5.41) is 0. The number of carbonyl (C=O) groups excluding carboxylic acids is 2. The third-order valence-electron chi connectivity index (χ3n) is 4.50. The predicted molar refractivity (Wildman–Crippen MR) is 102 cm³/mol. The van der Waals surface area contributed by atoms with Crippen molar-refractivity contribution in [3.63, 3.8) is 0 Å².